The number of allylic oxidation sites excluding steroid dienone is 1. The van der Waals surface area contributed by atoms with Crippen LogP contribution in [0.15, 0.2) is 25.3 Å². The topological polar surface area (TPSA) is 35.5 Å². The molecule has 0 radical (unpaired) electrons. The SMILES string of the molecule is C=CCCCCCCCC[C@@]12OC(=O)O[C@]1(CC=C)[C@H]1CC[C@@]2(C)C1(C)C. The molecule has 3 aliphatic rings. The molecule has 3 fully saturated rings. The zero-order valence-corrected chi connectivity index (χ0v) is 17.6. The molecule has 0 spiro atoms. The molecule has 0 N–H and O–H groups in total. The Morgan fingerprint density at radius 2 is 1.67 bits per heavy atom. The van der Waals surface area contributed by atoms with E-state index in [-0.39, 0.29) is 10.8 Å². The van der Waals surface area contributed by atoms with E-state index in [1.54, 1.807) is 0 Å². The summed E-state index contributed by atoms with van der Waals surface area (Å²) in [5.74, 6) is 0.346. The van der Waals surface area contributed by atoms with Gasteiger partial charge >= 0.3 is 6.16 Å². The Kier molecular flexibility index (Phi) is 5.53. The highest BCUT2D eigenvalue weighted by atomic mass is 16.8. The maximum atomic E-state index is 12.4. The number of hydrogen-bond acceptors (Lipinski definition) is 3. The standard InChI is InChI=1S/C24H38O3/c1-6-8-9-10-11-12-13-14-17-24-22(5)18-15-19(21(22,3)4)23(24,16-7-2)26-20(25)27-24/h6-7,19H,1-2,8-18H2,3-5H3/t19-,22-,23+,24-/m0/s1. The molecule has 2 bridgehead atoms. The maximum absolute atomic E-state index is 12.4. The number of hydrogen-bond donors (Lipinski definition) is 0. The van der Waals surface area contributed by atoms with Crippen LogP contribution < -0.4 is 0 Å². The van der Waals surface area contributed by atoms with Gasteiger partial charge in [-0.2, -0.15) is 0 Å². The molecule has 3 rings (SSSR count). The van der Waals surface area contributed by atoms with E-state index in [1.165, 1.54) is 32.1 Å². The van der Waals surface area contributed by atoms with E-state index in [1.807, 2.05) is 12.2 Å². The predicted octanol–water partition coefficient (Wildman–Crippen LogP) is 6.97. The Hall–Kier alpha value is -1.25. The minimum Gasteiger partial charge on any atom is -0.423 e. The average Bonchev–Trinajstić information content (AvgIpc) is 3.07. The fourth-order valence-corrected chi connectivity index (χ4v) is 6.92. The van der Waals surface area contributed by atoms with Crippen molar-refractivity contribution in [3.63, 3.8) is 0 Å². The lowest BCUT2D eigenvalue weighted by Crippen LogP contribution is -2.59. The third-order valence-electron chi connectivity index (χ3n) is 8.52. The van der Waals surface area contributed by atoms with Crippen LogP contribution in [0, 0.1) is 16.7 Å². The zero-order chi connectivity index (χ0) is 19.8. The van der Waals surface area contributed by atoms with E-state index in [0.717, 1.165) is 32.1 Å². The number of carbonyl (C=O) groups excluding carboxylic acids is 1. The summed E-state index contributed by atoms with van der Waals surface area (Å²) in [5.41, 5.74) is -0.960. The fraction of sp³-hybridized carbons (Fsp3) is 0.792. The van der Waals surface area contributed by atoms with Crippen LogP contribution in [0.25, 0.3) is 0 Å². The van der Waals surface area contributed by atoms with Crippen molar-refractivity contribution in [2.75, 3.05) is 0 Å². The van der Waals surface area contributed by atoms with E-state index in [4.69, 9.17) is 9.47 Å². The molecule has 152 valence electrons. The van der Waals surface area contributed by atoms with Crippen molar-refractivity contribution < 1.29 is 14.3 Å². The van der Waals surface area contributed by atoms with Gasteiger partial charge < -0.3 is 9.47 Å². The summed E-state index contributed by atoms with van der Waals surface area (Å²) in [6, 6.07) is 0. The van der Waals surface area contributed by atoms with Crippen LogP contribution in [0.2, 0.25) is 0 Å². The third-order valence-corrected chi connectivity index (χ3v) is 8.52. The predicted molar refractivity (Wildman–Crippen MR) is 110 cm³/mol. The van der Waals surface area contributed by atoms with Crippen LogP contribution in [0.3, 0.4) is 0 Å². The minimum absolute atomic E-state index is 0.0379. The lowest BCUT2D eigenvalue weighted by Gasteiger charge is -2.49. The number of carbonyl (C=O) groups is 1. The van der Waals surface area contributed by atoms with Crippen LogP contribution in [-0.2, 0) is 9.47 Å². The van der Waals surface area contributed by atoms with Crippen molar-refractivity contribution >= 4 is 6.16 Å². The Morgan fingerprint density at radius 3 is 2.33 bits per heavy atom. The van der Waals surface area contributed by atoms with Crippen molar-refractivity contribution in [3.05, 3.63) is 25.3 Å². The monoisotopic (exact) mass is 374 g/mol. The molecule has 3 heteroatoms. The van der Waals surface area contributed by atoms with Crippen molar-refractivity contribution in [1.82, 2.24) is 0 Å². The molecule has 0 amide bonds. The normalized spacial score (nSPS) is 38.3. The molecular formula is C24H38O3. The second-order valence-electron chi connectivity index (χ2n) is 9.76. The van der Waals surface area contributed by atoms with Gasteiger partial charge in [0, 0.05) is 17.8 Å². The summed E-state index contributed by atoms with van der Waals surface area (Å²) in [4.78, 5) is 12.4. The summed E-state index contributed by atoms with van der Waals surface area (Å²) >= 11 is 0. The number of rotatable bonds is 11. The second kappa shape index (κ2) is 7.29. The van der Waals surface area contributed by atoms with Gasteiger partial charge in [-0.25, -0.2) is 4.79 Å². The van der Waals surface area contributed by atoms with Gasteiger partial charge in [0.2, 0.25) is 0 Å². The Morgan fingerprint density at radius 1 is 1.00 bits per heavy atom. The smallest absolute Gasteiger partial charge is 0.423 e. The highest BCUT2D eigenvalue weighted by Gasteiger charge is 2.85. The van der Waals surface area contributed by atoms with Crippen molar-refractivity contribution in [2.24, 2.45) is 16.7 Å². The number of fused-ring (bicyclic) bond motifs is 5. The lowest BCUT2D eigenvalue weighted by atomic mass is 9.60. The van der Waals surface area contributed by atoms with Crippen molar-refractivity contribution in [2.45, 2.75) is 103 Å². The zero-order valence-electron chi connectivity index (χ0n) is 17.6. The van der Waals surface area contributed by atoms with Crippen LogP contribution in [0.4, 0.5) is 4.79 Å². The van der Waals surface area contributed by atoms with Crippen molar-refractivity contribution in [3.8, 4) is 0 Å². The van der Waals surface area contributed by atoms with E-state index in [0.29, 0.717) is 12.3 Å². The Labute approximate surface area is 165 Å². The molecule has 2 saturated carbocycles. The van der Waals surface area contributed by atoms with Gasteiger partial charge in [-0.3, -0.25) is 0 Å². The first kappa shape index (κ1) is 20.5. The summed E-state index contributed by atoms with van der Waals surface area (Å²) in [6.07, 6.45) is 15.8. The number of unbranched alkanes of at least 4 members (excludes halogenated alkanes) is 6. The maximum Gasteiger partial charge on any atom is 0.509 e. The molecule has 0 aromatic rings. The molecule has 1 aliphatic heterocycles. The van der Waals surface area contributed by atoms with Gasteiger partial charge in [0.25, 0.3) is 0 Å². The fourth-order valence-electron chi connectivity index (χ4n) is 6.92. The van der Waals surface area contributed by atoms with Gasteiger partial charge in [-0.1, -0.05) is 58.6 Å². The summed E-state index contributed by atoms with van der Waals surface area (Å²) in [6.45, 7) is 14.8. The third kappa shape index (κ3) is 2.71. The van der Waals surface area contributed by atoms with Gasteiger partial charge in [-0.15, -0.1) is 13.2 Å². The van der Waals surface area contributed by atoms with Crippen LogP contribution >= 0.6 is 0 Å². The van der Waals surface area contributed by atoms with E-state index in [9.17, 15) is 4.79 Å². The molecule has 2 aliphatic carbocycles. The van der Waals surface area contributed by atoms with Crippen LogP contribution in [-0.4, -0.2) is 17.4 Å². The summed E-state index contributed by atoms with van der Waals surface area (Å²) in [5, 5.41) is 0. The highest BCUT2D eigenvalue weighted by molar-refractivity contribution is 5.66. The van der Waals surface area contributed by atoms with Crippen LogP contribution in [0.5, 0.6) is 0 Å². The van der Waals surface area contributed by atoms with E-state index >= 15 is 0 Å². The Balaban J connectivity index is 1.73. The minimum atomic E-state index is -0.522. The molecule has 3 nitrogen and oxygen atoms in total. The largest absolute Gasteiger partial charge is 0.509 e. The first-order valence-electron chi connectivity index (χ1n) is 10.9. The quantitative estimate of drug-likeness (QED) is 0.222. The highest BCUT2D eigenvalue weighted by Crippen LogP contribution is 2.78. The molecule has 27 heavy (non-hydrogen) atoms. The van der Waals surface area contributed by atoms with Crippen LogP contribution in [0.1, 0.15) is 91.4 Å². The number of ether oxygens (including phenoxy) is 2. The average molecular weight is 375 g/mol. The molecular weight excluding hydrogens is 336 g/mol. The first-order valence-corrected chi connectivity index (χ1v) is 10.9. The molecule has 0 aromatic carbocycles. The molecule has 1 heterocycles. The van der Waals surface area contributed by atoms with Gasteiger partial charge in [0.15, 0.2) is 11.2 Å². The first-order chi connectivity index (χ1) is 12.8. The van der Waals surface area contributed by atoms with E-state index in [2.05, 4.69) is 33.9 Å². The molecule has 1 saturated heterocycles. The Bertz CT molecular complexity index is 594. The lowest BCUT2D eigenvalue weighted by molar-refractivity contribution is -0.129. The van der Waals surface area contributed by atoms with Crippen molar-refractivity contribution in [1.29, 1.82) is 0 Å². The van der Waals surface area contributed by atoms with Gasteiger partial charge in [-0.05, 0) is 43.9 Å². The summed E-state index contributed by atoms with van der Waals surface area (Å²) < 4.78 is 12.2. The second-order valence-corrected chi connectivity index (χ2v) is 9.76. The molecule has 0 aromatic heterocycles. The molecule has 4 atom stereocenters. The molecule has 0 unspecified atom stereocenters. The van der Waals surface area contributed by atoms with Gasteiger partial charge in [0.05, 0.1) is 0 Å². The van der Waals surface area contributed by atoms with E-state index < -0.39 is 17.4 Å². The summed E-state index contributed by atoms with van der Waals surface area (Å²) in [7, 11) is 0. The van der Waals surface area contributed by atoms with Gasteiger partial charge in [0.1, 0.15) is 0 Å².